The fourth-order valence-corrected chi connectivity index (χ4v) is 2.35. The molecule has 1 N–H and O–H groups in total. The highest BCUT2D eigenvalue weighted by atomic mass is 79.9. The molecule has 0 bridgehead atoms. The maximum Gasteiger partial charge on any atom is 0.0293 e. The lowest BCUT2D eigenvalue weighted by Crippen LogP contribution is -2.39. The maximum atomic E-state index is 3.89. The van der Waals surface area contributed by atoms with Crippen LogP contribution in [0.25, 0.3) is 0 Å². The van der Waals surface area contributed by atoms with Crippen LogP contribution in [0.1, 0.15) is 26.7 Å². The van der Waals surface area contributed by atoms with E-state index in [2.05, 4.69) is 46.6 Å². The quantitative estimate of drug-likeness (QED) is 0.829. The van der Waals surface area contributed by atoms with Crippen molar-refractivity contribution in [2.75, 3.05) is 26.2 Å². The Morgan fingerprint density at radius 1 is 1.47 bits per heavy atom. The average Bonchev–Trinajstić information content (AvgIpc) is 2.16. The van der Waals surface area contributed by atoms with Crippen molar-refractivity contribution in [2.45, 2.75) is 32.7 Å². The first kappa shape index (κ1) is 13.2. The van der Waals surface area contributed by atoms with E-state index in [-0.39, 0.29) is 0 Å². The van der Waals surface area contributed by atoms with E-state index in [9.17, 15) is 0 Å². The Kier molecular flexibility index (Phi) is 5.87. The molecule has 0 radical (unpaired) electrons. The normalized spacial score (nSPS) is 19.7. The third kappa shape index (κ3) is 5.69. The second-order valence-electron chi connectivity index (χ2n) is 4.80. The molecule has 2 nitrogen and oxygen atoms in total. The van der Waals surface area contributed by atoms with Gasteiger partial charge in [0.05, 0.1) is 0 Å². The smallest absolute Gasteiger partial charge is 0.0293 e. The molecular weight excluding hydrogens is 252 g/mol. The van der Waals surface area contributed by atoms with Crippen molar-refractivity contribution in [3.63, 3.8) is 0 Å². The highest BCUT2D eigenvalue weighted by Gasteiger charge is 2.18. The molecule has 0 spiro atoms. The van der Waals surface area contributed by atoms with Crippen LogP contribution in [0.15, 0.2) is 11.1 Å². The van der Waals surface area contributed by atoms with Gasteiger partial charge in [-0.1, -0.05) is 36.4 Å². The van der Waals surface area contributed by atoms with Gasteiger partial charge in [-0.15, -0.1) is 0 Å². The summed E-state index contributed by atoms with van der Waals surface area (Å²) in [5.74, 6) is 0.868. The van der Waals surface area contributed by atoms with E-state index in [0.29, 0.717) is 6.04 Å². The lowest BCUT2D eigenvalue weighted by molar-refractivity contribution is 0.196. The number of piperidine rings is 1. The third-order valence-corrected chi connectivity index (χ3v) is 3.17. The monoisotopic (exact) mass is 274 g/mol. The van der Waals surface area contributed by atoms with Crippen LogP contribution >= 0.6 is 15.9 Å². The summed E-state index contributed by atoms with van der Waals surface area (Å²) in [6, 6.07) is 0.616. The van der Waals surface area contributed by atoms with Crippen LogP contribution < -0.4 is 5.32 Å². The number of nitrogens with one attached hydrogen (secondary N) is 1. The number of nitrogens with zero attached hydrogens (tertiary/aromatic N) is 1. The van der Waals surface area contributed by atoms with E-state index in [1.807, 2.05) is 0 Å². The van der Waals surface area contributed by atoms with Crippen molar-refractivity contribution in [3.8, 4) is 0 Å². The molecule has 0 atom stereocenters. The zero-order valence-electron chi connectivity index (χ0n) is 9.93. The van der Waals surface area contributed by atoms with Gasteiger partial charge in [-0.3, -0.25) is 4.90 Å². The van der Waals surface area contributed by atoms with Crippen LogP contribution in [0.2, 0.25) is 0 Å². The van der Waals surface area contributed by atoms with Gasteiger partial charge in [-0.05, 0) is 38.4 Å². The van der Waals surface area contributed by atoms with Gasteiger partial charge in [0.1, 0.15) is 0 Å². The molecule has 0 aromatic carbocycles. The van der Waals surface area contributed by atoms with Gasteiger partial charge in [0, 0.05) is 17.1 Å². The first-order valence-electron chi connectivity index (χ1n) is 5.87. The van der Waals surface area contributed by atoms with Gasteiger partial charge in [-0.25, -0.2) is 0 Å². The van der Waals surface area contributed by atoms with Crippen LogP contribution in [-0.4, -0.2) is 37.1 Å². The average molecular weight is 275 g/mol. The topological polar surface area (TPSA) is 15.3 Å². The molecule has 15 heavy (non-hydrogen) atoms. The summed E-state index contributed by atoms with van der Waals surface area (Å²) in [6.45, 7) is 12.9. The van der Waals surface area contributed by atoms with Crippen LogP contribution in [-0.2, 0) is 0 Å². The van der Waals surface area contributed by atoms with Crippen LogP contribution in [0.4, 0.5) is 0 Å². The highest BCUT2D eigenvalue weighted by Crippen LogP contribution is 2.18. The van der Waals surface area contributed by atoms with Gasteiger partial charge < -0.3 is 5.32 Å². The number of hydrogen-bond acceptors (Lipinski definition) is 2. The Bertz CT molecular complexity index is 196. The number of hydrogen-bond donors (Lipinski definition) is 1. The lowest BCUT2D eigenvalue weighted by Gasteiger charge is -2.32. The molecule has 1 heterocycles. The molecule has 1 aliphatic heterocycles. The third-order valence-electron chi connectivity index (χ3n) is 2.92. The van der Waals surface area contributed by atoms with Gasteiger partial charge in [-0.2, -0.15) is 0 Å². The van der Waals surface area contributed by atoms with Gasteiger partial charge in [0.15, 0.2) is 0 Å². The van der Waals surface area contributed by atoms with Crippen LogP contribution in [0.3, 0.4) is 0 Å². The molecule has 0 aromatic rings. The summed E-state index contributed by atoms with van der Waals surface area (Å²) in [7, 11) is 0. The molecule has 1 fully saturated rings. The molecule has 0 aromatic heterocycles. The van der Waals surface area contributed by atoms with Gasteiger partial charge in [0.25, 0.3) is 0 Å². The first-order chi connectivity index (χ1) is 7.08. The lowest BCUT2D eigenvalue weighted by atomic mass is 9.96. The SMILES string of the molecule is C=C(Br)CN1CCC(CNC(C)C)CC1. The Balaban J connectivity index is 2.15. The highest BCUT2D eigenvalue weighted by molar-refractivity contribution is 9.11. The molecule has 0 saturated carbocycles. The van der Waals surface area contributed by atoms with E-state index >= 15 is 0 Å². The van der Waals surface area contributed by atoms with Crippen molar-refractivity contribution in [1.82, 2.24) is 10.2 Å². The Morgan fingerprint density at radius 2 is 2.07 bits per heavy atom. The van der Waals surface area contributed by atoms with Crippen LogP contribution in [0.5, 0.6) is 0 Å². The maximum absolute atomic E-state index is 3.89. The molecular formula is C12H23BrN2. The molecule has 88 valence electrons. The predicted octanol–water partition coefficient (Wildman–Crippen LogP) is 2.61. The Hall–Kier alpha value is 0.140. The van der Waals surface area contributed by atoms with E-state index in [1.54, 1.807) is 0 Å². The molecule has 0 unspecified atom stereocenters. The van der Waals surface area contributed by atoms with Gasteiger partial charge in [0.2, 0.25) is 0 Å². The molecule has 1 rings (SSSR count). The minimum atomic E-state index is 0.616. The summed E-state index contributed by atoms with van der Waals surface area (Å²) in [5.41, 5.74) is 0. The van der Waals surface area contributed by atoms with E-state index in [1.165, 1.54) is 32.5 Å². The fraction of sp³-hybridized carbons (Fsp3) is 0.833. The van der Waals surface area contributed by atoms with E-state index in [4.69, 9.17) is 0 Å². The predicted molar refractivity (Wildman–Crippen MR) is 70.4 cm³/mol. The molecule has 1 saturated heterocycles. The minimum Gasteiger partial charge on any atom is -0.314 e. The molecule has 1 aliphatic rings. The number of rotatable bonds is 5. The van der Waals surface area contributed by atoms with E-state index < -0.39 is 0 Å². The first-order valence-corrected chi connectivity index (χ1v) is 6.66. The van der Waals surface area contributed by atoms with Gasteiger partial charge >= 0.3 is 0 Å². The standard InChI is InChI=1S/C12H23BrN2/c1-10(2)14-8-12-4-6-15(7-5-12)9-11(3)13/h10,12,14H,3-9H2,1-2H3. The summed E-state index contributed by atoms with van der Waals surface area (Å²) in [6.07, 6.45) is 2.64. The zero-order chi connectivity index (χ0) is 11.3. The second kappa shape index (κ2) is 6.66. The fourth-order valence-electron chi connectivity index (χ4n) is 1.99. The number of likely N-dealkylation sites (tertiary alicyclic amines) is 1. The largest absolute Gasteiger partial charge is 0.314 e. The zero-order valence-corrected chi connectivity index (χ0v) is 11.5. The molecule has 0 aliphatic carbocycles. The summed E-state index contributed by atoms with van der Waals surface area (Å²) in [4.78, 5) is 2.48. The summed E-state index contributed by atoms with van der Waals surface area (Å²) < 4.78 is 1.10. The Morgan fingerprint density at radius 3 is 2.53 bits per heavy atom. The summed E-state index contributed by atoms with van der Waals surface area (Å²) >= 11 is 3.43. The molecule has 3 heteroatoms. The van der Waals surface area contributed by atoms with Crippen molar-refractivity contribution >= 4 is 15.9 Å². The van der Waals surface area contributed by atoms with Crippen molar-refractivity contribution in [2.24, 2.45) is 5.92 Å². The van der Waals surface area contributed by atoms with Crippen molar-refractivity contribution < 1.29 is 0 Å². The molecule has 0 amide bonds. The van der Waals surface area contributed by atoms with Crippen molar-refractivity contribution in [1.29, 1.82) is 0 Å². The van der Waals surface area contributed by atoms with Crippen LogP contribution in [0, 0.1) is 5.92 Å². The van der Waals surface area contributed by atoms with E-state index in [0.717, 1.165) is 16.9 Å². The minimum absolute atomic E-state index is 0.616. The number of halogens is 1. The Labute approximate surface area is 102 Å². The van der Waals surface area contributed by atoms with Crippen molar-refractivity contribution in [3.05, 3.63) is 11.1 Å². The summed E-state index contributed by atoms with van der Waals surface area (Å²) in [5, 5.41) is 3.53. The second-order valence-corrected chi connectivity index (χ2v) is 5.92.